The standard InChI is InChI=1S/C15H31N3O/c1-6-9-14-16-13(7-2)15(19)18(14)11-8-10-17(5)12(3)4/h12-14,16H,6-11H2,1-5H3. The Morgan fingerprint density at radius 3 is 2.58 bits per heavy atom. The van der Waals surface area contributed by atoms with E-state index in [1.54, 1.807) is 0 Å². The predicted octanol–water partition coefficient (Wildman–Crippen LogP) is 2.05. The van der Waals surface area contributed by atoms with Crippen molar-refractivity contribution in [1.29, 1.82) is 0 Å². The molecule has 0 aromatic rings. The van der Waals surface area contributed by atoms with E-state index in [0.717, 1.165) is 38.8 Å². The van der Waals surface area contributed by atoms with Gasteiger partial charge in [-0.15, -0.1) is 0 Å². The number of nitrogens with one attached hydrogen (secondary N) is 1. The zero-order valence-corrected chi connectivity index (χ0v) is 13.3. The third-order valence-corrected chi connectivity index (χ3v) is 4.11. The van der Waals surface area contributed by atoms with Gasteiger partial charge in [-0.2, -0.15) is 0 Å². The number of carbonyl (C=O) groups excluding carboxylic acids is 1. The van der Waals surface area contributed by atoms with Crippen molar-refractivity contribution in [3.05, 3.63) is 0 Å². The monoisotopic (exact) mass is 269 g/mol. The van der Waals surface area contributed by atoms with Crippen LogP contribution in [0, 0.1) is 0 Å². The molecule has 1 rings (SSSR count). The highest BCUT2D eigenvalue weighted by atomic mass is 16.2. The molecule has 2 atom stereocenters. The minimum absolute atomic E-state index is 0.0411. The average molecular weight is 269 g/mol. The van der Waals surface area contributed by atoms with Crippen LogP contribution in [0.2, 0.25) is 0 Å². The first-order valence-electron chi connectivity index (χ1n) is 7.78. The lowest BCUT2D eigenvalue weighted by molar-refractivity contribution is -0.130. The van der Waals surface area contributed by atoms with Gasteiger partial charge in [0.15, 0.2) is 0 Å². The molecule has 1 aliphatic rings. The van der Waals surface area contributed by atoms with Crippen molar-refractivity contribution in [3.8, 4) is 0 Å². The zero-order chi connectivity index (χ0) is 14.4. The summed E-state index contributed by atoms with van der Waals surface area (Å²) in [6.45, 7) is 10.6. The third-order valence-electron chi connectivity index (χ3n) is 4.11. The molecule has 0 spiro atoms. The van der Waals surface area contributed by atoms with E-state index in [-0.39, 0.29) is 12.2 Å². The van der Waals surface area contributed by atoms with Crippen LogP contribution in [-0.2, 0) is 4.79 Å². The van der Waals surface area contributed by atoms with Crippen molar-refractivity contribution >= 4 is 5.91 Å². The van der Waals surface area contributed by atoms with E-state index >= 15 is 0 Å². The molecule has 1 saturated heterocycles. The number of hydrogen-bond acceptors (Lipinski definition) is 3. The van der Waals surface area contributed by atoms with E-state index in [4.69, 9.17) is 0 Å². The maximum Gasteiger partial charge on any atom is 0.241 e. The Hall–Kier alpha value is -0.610. The number of nitrogens with zero attached hydrogens (tertiary/aromatic N) is 2. The van der Waals surface area contributed by atoms with Gasteiger partial charge >= 0.3 is 0 Å². The lowest BCUT2D eigenvalue weighted by Gasteiger charge is -2.26. The highest BCUT2D eigenvalue weighted by Gasteiger charge is 2.36. The molecule has 0 aromatic heterocycles. The number of hydrogen-bond donors (Lipinski definition) is 1. The topological polar surface area (TPSA) is 35.6 Å². The van der Waals surface area contributed by atoms with Crippen molar-refractivity contribution in [2.75, 3.05) is 20.1 Å². The molecule has 1 heterocycles. The fourth-order valence-corrected chi connectivity index (χ4v) is 2.57. The van der Waals surface area contributed by atoms with E-state index in [1.165, 1.54) is 0 Å². The normalized spacial score (nSPS) is 23.9. The van der Waals surface area contributed by atoms with Gasteiger partial charge in [0.1, 0.15) is 0 Å². The Kier molecular flexibility index (Phi) is 6.80. The van der Waals surface area contributed by atoms with Gasteiger partial charge in [0, 0.05) is 12.6 Å². The molecule has 0 radical (unpaired) electrons. The van der Waals surface area contributed by atoms with Gasteiger partial charge < -0.3 is 9.80 Å². The highest BCUT2D eigenvalue weighted by molar-refractivity contribution is 5.84. The van der Waals surface area contributed by atoms with Crippen molar-refractivity contribution in [2.24, 2.45) is 0 Å². The summed E-state index contributed by atoms with van der Waals surface area (Å²) in [6.07, 6.45) is 4.37. The van der Waals surface area contributed by atoms with E-state index < -0.39 is 0 Å². The first kappa shape index (κ1) is 16.4. The number of amides is 1. The van der Waals surface area contributed by atoms with Gasteiger partial charge in [-0.3, -0.25) is 10.1 Å². The lowest BCUT2D eigenvalue weighted by Crippen LogP contribution is -2.39. The molecule has 0 saturated carbocycles. The lowest BCUT2D eigenvalue weighted by atomic mass is 10.2. The molecule has 0 aliphatic carbocycles. The van der Waals surface area contributed by atoms with E-state index in [2.05, 4.69) is 49.9 Å². The molecular weight excluding hydrogens is 238 g/mol. The fourth-order valence-electron chi connectivity index (χ4n) is 2.57. The molecular formula is C15H31N3O. The summed E-state index contributed by atoms with van der Waals surface area (Å²) in [5.41, 5.74) is 0. The number of rotatable bonds is 8. The second-order valence-corrected chi connectivity index (χ2v) is 5.89. The first-order valence-corrected chi connectivity index (χ1v) is 7.78. The molecule has 1 fully saturated rings. The molecule has 1 amide bonds. The molecule has 1 N–H and O–H groups in total. The van der Waals surface area contributed by atoms with Crippen molar-refractivity contribution in [2.45, 2.75) is 71.6 Å². The summed E-state index contributed by atoms with van der Waals surface area (Å²) >= 11 is 0. The summed E-state index contributed by atoms with van der Waals surface area (Å²) in [5.74, 6) is 0.299. The van der Waals surface area contributed by atoms with Gasteiger partial charge in [0.2, 0.25) is 5.91 Å². The summed E-state index contributed by atoms with van der Waals surface area (Å²) in [6, 6.07) is 0.613. The quantitative estimate of drug-likeness (QED) is 0.732. The van der Waals surface area contributed by atoms with Crippen LogP contribution in [0.5, 0.6) is 0 Å². The minimum atomic E-state index is 0.0411. The maximum atomic E-state index is 12.3. The fraction of sp³-hybridized carbons (Fsp3) is 0.933. The molecule has 112 valence electrons. The van der Waals surface area contributed by atoms with Crippen LogP contribution in [0.15, 0.2) is 0 Å². The first-order chi connectivity index (χ1) is 9.01. The smallest absolute Gasteiger partial charge is 0.241 e. The minimum Gasteiger partial charge on any atom is -0.326 e. The van der Waals surface area contributed by atoms with Gasteiger partial charge in [0.25, 0.3) is 0 Å². The van der Waals surface area contributed by atoms with E-state index in [0.29, 0.717) is 11.9 Å². The number of carbonyl (C=O) groups is 1. The second kappa shape index (κ2) is 7.85. The van der Waals surface area contributed by atoms with Crippen LogP contribution in [-0.4, -0.2) is 54.1 Å². The van der Waals surface area contributed by atoms with Crippen molar-refractivity contribution in [3.63, 3.8) is 0 Å². The molecule has 4 nitrogen and oxygen atoms in total. The Labute approximate surface area is 118 Å². The predicted molar refractivity (Wildman–Crippen MR) is 80.0 cm³/mol. The highest BCUT2D eigenvalue weighted by Crippen LogP contribution is 2.17. The molecule has 4 heteroatoms. The maximum absolute atomic E-state index is 12.3. The summed E-state index contributed by atoms with van der Waals surface area (Å²) in [5, 5.41) is 3.47. The van der Waals surface area contributed by atoms with Crippen LogP contribution < -0.4 is 5.32 Å². The molecule has 2 unspecified atom stereocenters. The van der Waals surface area contributed by atoms with Gasteiger partial charge in [-0.25, -0.2) is 0 Å². The van der Waals surface area contributed by atoms with Gasteiger partial charge in [0.05, 0.1) is 12.2 Å². The largest absolute Gasteiger partial charge is 0.326 e. The van der Waals surface area contributed by atoms with Crippen LogP contribution >= 0.6 is 0 Å². The molecule has 0 aromatic carbocycles. The molecule has 1 aliphatic heterocycles. The SMILES string of the molecule is CCCC1NC(CC)C(=O)N1CCCN(C)C(C)C. The van der Waals surface area contributed by atoms with Crippen LogP contribution in [0.1, 0.15) is 53.4 Å². The van der Waals surface area contributed by atoms with Crippen LogP contribution in [0.4, 0.5) is 0 Å². The second-order valence-electron chi connectivity index (χ2n) is 5.89. The van der Waals surface area contributed by atoms with Gasteiger partial charge in [-0.05, 0) is 46.7 Å². The molecule has 0 bridgehead atoms. The zero-order valence-electron chi connectivity index (χ0n) is 13.3. The Balaban J connectivity index is 2.46. The summed E-state index contributed by atoms with van der Waals surface area (Å²) in [7, 11) is 2.15. The van der Waals surface area contributed by atoms with E-state index in [1.807, 2.05) is 0 Å². The van der Waals surface area contributed by atoms with Gasteiger partial charge in [-0.1, -0.05) is 20.3 Å². The Bertz CT molecular complexity index is 281. The average Bonchev–Trinajstić information content (AvgIpc) is 2.67. The summed E-state index contributed by atoms with van der Waals surface area (Å²) < 4.78 is 0. The van der Waals surface area contributed by atoms with Crippen LogP contribution in [0.3, 0.4) is 0 Å². The van der Waals surface area contributed by atoms with Crippen molar-refractivity contribution in [1.82, 2.24) is 15.1 Å². The third kappa shape index (κ3) is 4.46. The molecule has 19 heavy (non-hydrogen) atoms. The summed E-state index contributed by atoms with van der Waals surface area (Å²) in [4.78, 5) is 16.7. The van der Waals surface area contributed by atoms with Crippen LogP contribution in [0.25, 0.3) is 0 Å². The Morgan fingerprint density at radius 2 is 2.05 bits per heavy atom. The van der Waals surface area contributed by atoms with Crippen molar-refractivity contribution < 1.29 is 4.79 Å². The Morgan fingerprint density at radius 1 is 1.37 bits per heavy atom. The van der Waals surface area contributed by atoms with E-state index in [9.17, 15) is 4.79 Å².